The highest BCUT2D eigenvalue weighted by Gasteiger charge is 2.10. The number of hydrogen-bond donors (Lipinski definition) is 1. The molecule has 0 saturated carbocycles. The van der Waals surface area contributed by atoms with Crippen LogP contribution in [0.3, 0.4) is 0 Å². The van der Waals surface area contributed by atoms with Gasteiger partial charge < -0.3 is 10.1 Å². The third kappa shape index (κ3) is 4.45. The van der Waals surface area contributed by atoms with Gasteiger partial charge in [-0.25, -0.2) is 0 Å². The summed E-state index contributed by atoms with van der Waals surface area (Å²) in [6.07, 6.45) is 1.55. The number of benzene rings is 2. The number of carbonyl (C=O) groups is 1. The van der Waals surface area contributed by atoms with E-state index >= 15 is 0 Å². The zero-order valence-corrected chi connectivity index (χ0v) is 13.2. The molecule has 0 spiro atoms. The summed E-state index contributed by atoms with van der Waals surface area (Å²) in [6.45, 7) is 4.36. The van der Waals surface area contributed by atoms with E-state index in [1.807, 2.05) is 56.3 Å². The van der Waals surface area contributed by atoms with E-state index in [0.29, 0.717) is 18.0 Å². The molecule has 1 amide bonds. The second kappa shape index (κ2) is 7.81. The van der Waals surface area contributed by atoms with Crippen molar-refractivity contribution < 1.29 is 9.53 Å². The Morgan fingerprint density at radius 1 is 1.26 bits per heavy atom. The number of ether oxygens (including phenoxy) is 1. The first-order chi connectivity index (χ1) is 11.1. The SMILES string of the molecule is CCOc1cccc(/C=C(\C#N)C(=O)Nc2ccccc2C)c1. The van der Waals surface area contributed by atoms with Crippen LogP contribution in [-0.4, -0.2) is 12.5 Å². The van der Waals surface area contributed by atoms with E-state index in [-0.39, 0.29) is 5.57 Å². The molecule has 2 aromatic rings. The molecule has 0 atom stereocenters. The van der Waals surface area contributed by atoms with Gasteiger partial charge in [-0.2, -0.15) is 5.26 Å². The molecule has 1 N–H and O–H groups in total. The number of rotatable bonds is 5. The van der Waals surface area contributed by atoms with Gasteiger partial charge in [0, 0.05) is 5.69 Å². The molecule has 4 heteroatoms. The van der Waals surface area contributed by atoms with Gasteiger partial charge in [0.05, 0.1) is 6.61 Å². The quantitative estimate of drug-likeness (QED) is 0.672. The molecule has 23 heavy (non-hydrogen) atoms. The summed E-state index contributed by atoms with van der Waals surface area (Å²) in [5.74, 6) is 0.279. The highest BCUT2D eigenvalue weighted by Crippen LogP contribution is 2.18. The summed E-state index contributed by atoms with van der Waals surface area (Å²) in [7, 11) is 0. The summed E-state index contributed by atoms with van der Waals surface area (Å²) in [5, 5.41) is 12.0. The lowest BCUT2D eigenvalue weighted by Crippen LogP contribution is -2.14. The van der Waals surface area contributed by atoms with E-state index < -0.39 is 5.91 Å². The molecule has 0 aliphatic carbocycles. The molecule has 116 valence electrons. The molecule has 2 rings (SSSR count). The fourth-order valence-corrected chi connectivity index (χ4v) is 2.08. The maximum atomic E-state index is 12.3. The number of nitriles is 1. The van der Waals surface area contributed by atoms with Crippen LogP contribution >= 0.6 is 0 Å². The van der Waals surface area contributed by atoms with Crippen LogP contribution in [0.5, 0.6) is 5.75 Å². The number of aryl methyl sites for hydroxylation is 1. The molecule has 0 aliphatic rings. The van der Waals surface area contributed by atoms with Crippen LogP contribution in [0.15, 0.2) is 54.1 Å². The van der Waals surface area contributed by atoms with E-state index in [2.05, 4.69) is 5.32 Å². The lowest BCUT2D eigenvalue weighted by atomic mass is 10.1. The topological polar surface area (TPSA) is 62.1 Å². The van der Waals surface area contributed by atoms with Gasteiger partial charge >= 0.3 is 0 Å². The van der Waals surface area contributed by atoms with Crippen molar-refractivity contribution in [2.45, 2.75) is 13.8 Å². The fraction of sp³-hybridized carbons (Fsp3) is 0.158. The van der Waals surface area contributed by atoms with Crippen molar-refractivity contribution in [3.05, 3.63) is 65.2 Å². The molecular formula is C19H18N2O2. The number of carbonyl (C=O) groups excluding carboxylic acids is 1. The maximum Gasteiger partial charge on any atom is 0.266 e. The number of anilines is 1. The number of hydrogen-bond acceptors (Lipinski definition) is 3. The van der Waals surface area contributed by atoms with Crippen molar-refractivity contribution in [2.75, 3.05) is 11.9 Å². The minimum Gasteiger partial charge on any atom is -0.494 e. The Morgan fingerprint density at radius 3 is 2.74 bits per heavy atom. The molecule has 0 bridgehead atoms. The first-order valence-corrected chi connectivity index (χ1v) is 7.35. The molecule has 0 radical (unpaired) electrons. The van der Waals surface area contributed by atoms with E-state index in [4.69, 9.17) is 4.74 Å². The van der Waals surface area contributed by atoms with Crippen LogP contribution in [0.4, 0.5) is 5.69 Å². The Hall–Kier alpha value is -3.06. The largest absolute Gasteiger partial charge is 0.494 e. The molecule has 0 aliphatic heterocycles. The van der Waals surface area contributed by atoms with Gasteiger partial charge in [0.25, 0.3) is 5.91 Å². The number of nitrogens with zero attached hydrogens (tertiary/aromatic N) is 1. The van der Waals surface area contributed by atoms with Crippen molar-refractivity contribution in [1.29, 1.82) is 5.26 Å². The number of nitrogens with one attached hydrogen (secondary N) is 1. The second-order valence-electron chi connectivity index (χ2n) is 4.94. The number of amides is 1. The normalized spacial score (nSPS) is 10.7. The molecule has 2 aromatic carbocycles. The van der Waals surface area contributed by atoms with Crippen molar-refractivity contribution in [1.82, 2.24) is 0 Å². The first-order valence-electron chi connectivity index (χ1n) is 7.35. The van der Waals surface area contributed by atoms with Gasteiger partial charge in [-0.05, 0) is 49.2 Å². The lowest BCUT2D eigenvalue weighted by molar-refractivity contribution is -0.112. The Morgan fingerprint density at radius 2 is 2.04 bits per heavy atom. The van der Waals surface area contributed by atoms with E-state index in [0.717, 1.165) is 11.1 Å². The fourth-order valence-electron chi connectivity index (χ4n) is 2.08. The first kappa shape index (κ1) is 16.3. The van der Waals surface area contributed by atoms with Crippen molar-refractivity contribution in [3.63, 3.8) is 0 Å². The Kier molecular flexibility index (Phi) is 5.54. The summed E-state index contributed by atoms with van der Waals surface area (Å²) in [4.78, 5) is 12.3. The van der Waals surface area contributed by atoms with Crippen LogP contribution in [0, 0.1) is 18.3 Å². The highest BCUT2D eigenvalue weighted by molar-refractivity contribution is 6.09. The Bertz CT molecular complexity index is 773. The predicted octanol–water partition coefficient (Wildman–Crippen LogP) is 3.94. The van der Waals surface area contributed by atoms with Gasteiger partial charge in [-0.1, -0.05) is 30.3 Å². The minimum atomic E-state index is -0.427. The number of para-hydroxylation sites is 1. The van der Waals surface area contributed by atoms with Gasteiger partial charge in [0.2, 0.25) is 0 Å². The molecule has 0 saturated heterocycles. The van der Waals surface area contributed by atoms with Gasteiger partial charge in [0.1, 0.15) is 17.4 Å². The average Bonchev–Trinajstić information content (AvgIpc) is 2.55. The van der Waals surface area contributed by atoms with E-state index in [9.17, 15) is 10.1 Å². The predicted molar refractivity (Wildman–Crippen MR) is 91.0 cm³/mol. The van der Waals surface area contributed by atoms with Crippen molar-refractivity contribution >= 4 is 17.7 Å². The maximum absolute atomic E-state index is 12.3. The Balaban J connectivity index is 2.22. The van der Waals surface area contributed by atoms with Crippen LogP contribution in [0.2, 0.25) is 0 Å². The zero-order chi connectivity index (χ0) is 16.7. The van der Waals surface area contributed by atoms with Crippen LogP contribution in [0.1, 0.15) is 18.1 Å². The van der Waals surface area contributed by atoms with Crippen molar-refractivity contribution in [2.24, 2.45) is 0 Å². The molecule has 0 aromatic heterocycles. The van der Waals surface area contributed by atoms with E-state index in [1.54, 1.807) is 18.2 Å². The standard InChI is InChI=1S/C19H18N2O2/c1-3-23-17-9-6-8-15(12-17)11-16(13-20)19(22)21-18-10-5-4-7-14(18)2/h4-12H,3H2,1-2H3,(H,21,22)/b16-11+. The summed E-state index contributed by atoms with van der Waals surface area (Å²) in [5.41, 5.74) is 2.42. The minimum absolute atomic E-state index is 0.0434. The van der Waals surface area contributed by atoms with Crippen LogP contribution in [0.25, 0.3) is 6.08 Å². The van der Waals surface area contributed by atoms with Gasteiger partial charge in [-0.3, -0.25) is 4.79 Å². The van der Waals surface area contributed by atoms with Gasteiger partial charge in [0.15, 0.2) is 0 Å². The van der Waals surface area contributed by atoms with E-state index in [1.165, 1.54) is 0 Å². The van der Waals surface area contributed by atoms with Crippen molar-refractivity contribution in [3.8, 4) is 11.8 Å². The van der Waals surface area contributed by atoms with Gasteiger partial charge in [-0.15, -0.1) is 0 Å². The molecular weight excluding hydrogens is 288 g/mol. The third-order valence-corrected chi connectivity index (χ3v) is 3.24. The Labute approximate surface area is 136 Å². The molecule has 4 nitrogen and oxygen atoms in total. The second-order valence-corrected chi connectivity index (χ2v) is 4.94. The zero-order valence-electron chi connectivity index (χ0n) is 13.2. The molecule has 0 heterocycles. The van der Waals surface area contributed by atoms with Crippen LogP contribution in [-0.2, 0) is 4.79 Å². The monoisotopic (exact) mass is 306 g/mol. The lowest BCUT2D eigenvalue weighted by Gasteiger charge is -2.07. The smallest absolute Gasteiger partial charge is 0.266 e. The van der Waals surface area contributed by atoms with Crippen LogP contribution < -0.4 is 10.1 Å². The third-order valence-electron chi connectivity index (χ3n) is 3.24. The summed E-state index contributed by atoms with van der Waals surface area (Å²) >= 11 is 0. The summed E-state index contributed by atoms with van der Waals surface area (Å²) < 4.78 is 5.42. The summed E-state index contributed by atoms with van der Waals surface area (Å²) in [6, 6.07) is 16.7. The highest BCUT2D eigenvalue weighted by atomic mass is 16.5. The molecule has 0 unspecified atom stereocenters. The molecule has 0 fully saturated rings. The average molecular weight is 306 g/mol.